The van der Waals surface area contributed by atoms with E-state index < -0.39 is 16.4 Å². The molecule has 0 spiro atoms. The second-order valence-corrected chi connectivity index (χ2v) is 5.11. The average molecular weight is 302 g/mol. The molecule has 0 bridgehead atoms. The van der Waals surface area contributed by atoms with Crippen LogP contribution in [-0.2, 0) is 4.79 Å². The van der Waals surface area contributed by atoms with Crippen molar-refractivity contribution in [2.45, 2.75) is 13.3 Å². The molecule has 19 heavy (non-hydrogen) atoms. The molecule has 0 saturated carbocycles. The van der Waals surface area contributed by atoms with Gasteiger partial charge in [-0.05, 0) is 6.07 Å². The fraction of sp³-hybridized carbons (Fsp3) is 0.250. The van der Waals surface area contributed by atoms with Gasteiger partial charge in [0.05, 0.1) is 9.95 Å². The van der Waals surface area contributed by atoms with Gasteiger partial charge in [-0.1, -0.05) is 35.2 Å². The van der Waals surface area contributed by atoms with Crippen molar-refractivity contribution in [1.82, 2.24) is 0 Å². The quantitative estimate of drug-likeness (QED) is 0.371. The van der Waals surface area contributed by atoms with Crippen LogP contribution in [0, 0.1) is 27.8 Å². The van der Waals surface area contributed by atoms with Gasteiger partial charge < -0.3 is 0 Å². The predicted octanol–water partition coefficient (Wildman–Crippen LogP) is 3.41. The van der Waals surface area contributed by atoms with Crippen molar-refractivity contribution in [1.29, 1.82) is 0 Å². The molecule has 0 aromatic heterocycles. The highest BCUT2D eigenvalue weighted by Gasteiger charge is 2.16. The standard InChI is InChI=1S/C12H9ClFNO3S/c1-8(16)19-5-3-2-4-9-6-11(14)12(15(17)18)7-10(9)13/h6-7H,3,5H2,1H3. The van der Waals surface area contributed by atoms with Crippen molar-refractivity contribution in [3.63, 3.8) is 0 Å². The molecule has 0 aliphatic heterocycles. The van der Waals surface area contributed by atoms with Crippen molar-refractivity contribution in [2.24, 2.45) is 0 Å². The topological polar surface area (TPSA) is 60.2 Å². The highest BCUT2D eigenvalue weighted by atomic mass is 35.5. The summed E-state index contributed by atoms with van der Waals surface area (Å²) in [5.41, 5.74) is -0.486. The Labute approximate surface area is 118 Å². The van der Waals surface area contributed by atoms with Crippen molar-refractivity contribution in [2.75, 3.05) is 5.75 Å². The fourth-order valence-electron chi connectivity index (χ4n) is 1.18. The predicted molar refractivity (Wildman–Crippen MR) is 72.7 cm³/mol. The lowest BCUT2D eigenvalue weighted by Gasteiger charge is -1.98. The first-order valence-corrected chi connectivity index (χ1v) is 6.54. The second kappa shape index (κ2) is 7.12. The number of hydrogen-bond donors (Lipinski definition) is 0. The maximum Gasteiger partial charge on any atom is 0.306 e. The summed E-state index contributed by atoms with van der Waals surface area (Å²) in [6, 6.07) is 1.87. The highest BCUT2D eigenvalue weighted by molar-refractivity contribution is 8.13. The van der Waals surface area contributed by atoms with Gasteiger partial charge in [0, 0.05) is 30.7 Å². The summed E-state index contributed by atoms with van der Waals surface area (Å²) >= 11 is 6.92. The van der Waals surface area contributed by atoms with Gasteiger partial charge in [-0.3, -0.25) is 14.9 Å². The molecule has 0 amide bonds. The van der Waals surface area contributed by atoms with Crippen LogP contribution in [0.4, 0.5) is 10.1 Å². The Hall–Kier alpha value is -1.58. The molecular weight excluding hydrogens is 293 g/mol. The number of nitrogens with zero attached hydrogens (tertiary/aromatic N) is 1. The molecular formula is C12H9ClFNO3S. The van der Waals surface area contributed by atoms with Gasteiger partial charge in [0.1, 0.15) is 0 Å². The number of nitro groups is 1. The summed E-state index contributed by atoms with van der Waals surface area (Å²) in [4.78, 5) is 20.3. The monoisotopic (exact) mass is 301 g/mol. The first-order chi connectivity index (χ1) is 8.91. The van der Waals surface area contributed by atoms with Crippen LogP contribution >= 0.6 is 23.4 Å². The van der Waals surface area contributed by atoms with Crippen LogP contribution in [0.5, 0.6) is 0 Å². The van der Waals surface area contributed by atoms with Gasteiger partial charge in [-0.15, -0.1) is 0 Å². The number of benzene rings is 1. The molecule has 0 atom stereocenters. The minimum atomic E-state index is -0.975. The van der Waals surface area contributed by atoms with Crippen LogP contribution in [0.25, 0.3) is 0 Å². The zero-order valence-electron chi connectivity index (χ0n) is 9.91. The fourth-order valence-corrected chi connectivity index (χ4v) is 1.87. The van der Waals surface area contributed by atoms with Gasteiger partial charge in [0.25, 0.3) is 0 Å². The van der Waals surface area contributed by atoms with Crippen LogP contribution in [0.2, 0.25) is 5.02 Å². The van der Waals surface area contributed by atoms with E-state index in [1.54, 1.807) is 0 Å². The maximum absolute atomic E-state index is 13.3. The first kappa shape index (κ1) is 15.5. The molecule has 0 radical (unpaired) electrons. The van der Waals surface area contributed by atoms with E-state index in [2.05, 4.69) is 11.8 Å². The number of hydrogen-bond acceptors (Lipinski definition) is 4. The second-order valence-electron chi connectivity index (χ2n) is 3.43. The summed E-state index contributed by atoms with van der Waals surface area (Å²) in [6.07, 6.45) is 0.444. The molecule has 1 rings (SSSR count). The number of rotatable bonds is 3. The van der Waals surface area contributed by atoms with E-state index in [0.717, 1.165) is 23.9 Å². The molecule has 0 unspecified atom stereocenters. The minimum absolute atomic E-state index is 0.00112. The maximum atomic E-state index is 13.3. The Balaban J connectivity index is 2.80. The number of halogens is 2. The third-order valence-electron chi connectivity index (χ3n) is 1.99. The van der Waals surface area contributed by atoms with E-state index in [-0.39, 0.29) is 15.7 Å². The zero-order chi connectivity index (χ0) is 14.4. The molecule has 7 heteroatoms. The molecule has 0 fully saturated rings. The number of thioether (sulfide) groups is 1. The largest absolute Gasteiger partial charge is 0.306 e. The van der Waals surface area contributed by atoms with Gasteiger partial charge in [-0.2, -0.15) is 4.39 Å². The van der Waals surface area contributed by atoms with Gasteiger partial charge in [-0.25, -0.2) is 0 Å². The average Bonchev–Trinajstić information content (AvgIpc) is 2.31. The van der Waals surface area contributed by atoms with Crippen LogP contribution in [0.15, 0.2) is 12.1 Å². The van der Waals surface area contributed by atoms with Gasteiger partial charge in [0.15, 0.2) is 5.12 Å². The van der Waals surface area contributed by atoms with E-state index in [1.807, 2.05) is 0 Å². The molecule has 0 heterocycles. The molecule has 0 saturated heterocycles. The van der Waals surface area contributed by atoms with Gasteiger partial charge >= 0.3 is 5.69 Å². The zero-order valence-corrected chi connectivity index (χ0v) is 11.5. The summed E-state index contributed by atoms with van der Waals surface area (Å²) in [5, 5.41) is 10.5. The van der Waals surface area contributed by atoms with E-state index in [1.165, 1.54) is 6.92 Å². The third-order valence-corrected chi connectivity index (χ3v) is 3.12. The minimum Gasteiger partial charge on any atom is -0.288 e. The summed E-state index contributed by atoms with van der Waals surface area (Å²) in [7, 11) is 0. The summed E-state index contributed by atoms with van der Waals surface area (Å²) < 4.78 is 13.3. The smallest absolute Gasteiger partial charge is 0.288 e. The van der Waals surface area contributed by atoms with Crippen molar-refractivity contribution < 1.29 is 14.1 Å². The Morgan fingerprint density at radius 2 is 2.26 bits per heavy atom. The highest BCUT2D eigenvalue weighted by Crippen LogP contribution is 2.25. The van der Waals surface area contributed by atoms with E-state index >= 15 is 0 Å². The summed E-state index contributed by atoms with van der Waals surface area (Å²) in [6.45, 7) is 1.46. The Kier molecular flexibility index (Phi) is 5.80. The van der Waals surface area contributed by atoms with Crippen LogP contribution in [0.1, 0.15) is 18.9 Å². The Bertz CT molecular complexity index is 580. The molecule has 0 N–H and O–H groups in total. The number of carbonyl (C=O) groups is 1. The Morgan fingerprint density at radius 1 is 1.58 bits per heavy atom. The molecule has 100 valence electrons. The van der Waals surface area contributed by atoms with Gasteiger partial charge in [0.2, 0.25) is 5.82 Å². The first-order valence-electron chi connectivity index (χ1n) is 5.17. The van der Waals surface area contributed by atoms with Crippen LogP contribution < -0.4 is 0 Å². The van der Waals surface area contributed by atoms with Crippen LogP contribution in [0.3, 0.4) is 0 Å². The molecule has 0 aliphatic carbocycles. The van der Waals surface area contributed by atoms with Crippen molar-refractivity contribution in [3.05, 3.63) is 38.7 Å². The lowest BCUT2D eigenvalue weighted by molar-refractivity contribution is -0.387. The van der Waals surface area contributed by atoms with E-state index in [9.17, 15) is 19.3 Å². The van der Waals surface area contributed by atoms with Crippen molar-refractivity contribution in [3.8, 4) is 11.8 Å². The number of nitro benzene ring substituents is 1. The van der Waals surface area contributed by atoms with E-state index in [4.69, 9.17) is 11.6 Å². The van der Waals surface area contributed by atoms with E-state index in [0.29, 0.717) is 12.2 Å². The Morgan fingerprint density at radius 3 is 2.84 bits per heavy atom. The number of carbonyl (C=O) groups excluding carboxylic acids is 1. The van der Waals surface area contributed by atoms with Crippen molar-refractivity contribution >= 4 is 34.2 Å². The SMILES string of the molecule is CC(=O)SCCC#Cc1cc(F)c([N+](=O)[O-])cc1Cl. The molecule has 1 aromatic rings. The summed E-state index contributed by atoms with van der Waals surface area (Å²) in [5.74, 6) is 4.92. The normalized spacial score (nSPS) is 9.63. The lowest BCUT2D eigenvalue weighted by atomic mass is 10.2. The molecule has 4 nitrogen and oxygen atoms in total. The third kappa shape index (κ3) is 4.89. The molecule has 1 aromatic carbocycles. The lowest BCUT2D eigenvalue weighted by Crippen LogP contribution is -1.94. The molecule has 0 aliphatic rings. The van der Waals surface area contributed by atoms with Crippen LogP contribution in [-0.4, -0.2) is 15.8 Å².